The van der Waals surface area contributed by atoms with E-state index in [0.29, 0.717) is 11.5 Å². The van der Waals surface area contributed by atoms with Crippen molar-refractivity contribution in [1.82, 2.24) is 14.9 Å². The van der Waals surface area contributed by atoms with Gasteiger partial charge < -0.3 is 9.88 Å². The van der Waals surface area contributed by atoms with Crippen molar-refractivity contribution < 1.29 is 0 Å². The molecule has 1 saturated carbocycles. The Kier molecular flexibility index (Phi) is 4.44. The number of nitrogens with zero attached hydrogens (tertiary/aromatic N) is 2. The van der Waals surface area contributed by atoms with E-state index >= 15 is 0 Å². The number of hydrogen-bond acceptors (Lipinski definition) is 2. The van der Waals surface area contributed by atoms with Crippen molar-refractivity contribution in [2.75, 3.05) is 0 Å². The Morgan fingerprint density at radius 1 is 1.33 bits per heavy atom. The molecule has 0 bridgehead atoms. The van der Waals surface area contributed by atoms with Crippen molar-refractivity contribution >= 4 is 0 Å². The fraction of sp³-hybridized carbons (Fsp3) is 0.800. The molecule has 3 nitrogen and oxygen atoms in total. The normalized spacial score (nSPS) is 19.3. The van der Waals surface area contributed by atoms with Gasteiger partial charge in [0.25, 0.3) is 0 Å². The maximum Gasteiger partial charge on any atom is 0.0950 e. The standard InChI is InChI=1S/C15H27N3/c1-13(2)16-9-14-10-18(12-17-14)11-15(3)7-5-4-6-8-15/h10,12-13,16H,4-9,11H2,1-3H3. The van der Waals surface area contributed by atoms with Crippen molar-refractivity contribution in [3.05, 3.63) is 18.2 Å². The van der Waals surface area contributed by atoms with Crippen LogP contribution in [-0.2, 0) is 13.1 Å². The molecular formula is C15H27N3. The minimum atomic E-state index is 0.488. The maximum absolute atomic E-state index is 4.49. The molecule has 1 N–H and O–H groups in total. The Bertz CT molecular complexity index is 362. The van der Waals surface area contributed by atoms with Gasteiger partial charge in [0.2, 0.25) is 0 Å². The van der Waals surface area contributed by atoms with Crippen LogP contribution in [0.15, 0.2) is 12.5 Å². The lowest BCUT2D eigenvalue weighted by atomic mass is 9.76. The SMILES string of the molecule is CC(C)NCc1cn(CC2(C)CCCCC2)cn1. The van der Waals surface area contributed by atoms with Crippen LogP contribution in [0, 0.1) is 5.41 Å². The number of aromatic nitrogens is 2. The average Bonchev–Trinajstić information content (AvgIpc) is 2.74. The van der Waals surface area contributed by atoms with Gasteiger partial charge in [-0.05, 0) is 18.3 Å². The van der Waals surface area contributed by atoms with E-state index < -0.39 is 0 Å². The topological polar surface area (TPSA) is 29.9 Å². The second-order valence-electron chi connectivity index (χ2n) is 6.44. The molecule has 0 aromatic carbocycles. The Hall–Kier alpha value is -0.830. The van der Waals surface area contributed by atoms with E-state index in [4.69, 9.17) is 0 Å². The van der Waals surface area contributed by atoms with Gasteiger partial charge in [-0.1, -0.05) is 40.0 Å². The molecule has 1 aliphatic rings. The summed E-state index contributed by atoms with van der Waals surface area (Å²) in [7, 11) is 0. The molecule has 0 atom stereocenters. The van der Waals surface area contributed by atoms with E-state index in [9.17, 15) is 0 Å². The monoisotopic (exact) mass is 249 g/mol. The zero-order valence-electron chi connectivity index (χ0n) is 12.1. The van der Waals surface area contributed by atoms with Gasteiger partial charge in [-0.3, -0.25) is 0 Å². The van der Waals surface area contributed by atoms with Gasteiger partial charge in [-0.15, -0.1) is 0 Å². The summed E-state index contributed by atoms with van der Waals surface area (Å²) in [6.45, 7) is 8.77. The first kappa shape index (κ1) is 13.6. The maximum atomic E-state index is 4.49. The predicted octanol–water partition coefficient (Wildman–Crippen LogP) is 3.35. The summed E-state index contributed by atoms with van der Waals surface area (Å²) >= 11 is 0. The van der Waals surface area contributed by atoms with Gasteiger partial charge in [0.05, 0.1) is 12.0 Å². The van der Waals surface area contributed by atoms with E-state index in [1.807, 2.05) is 6.33 Å². The quantitative estimate of drug-likeness (QED) is 0.867. The third kappa shape index (κ3) is 3.84. The smallest absolute Gasteiger partial charge is 0.0950 e. The average molecular weight is 249 g/mol. The number of imidazole rings is 1. The largest absolute Gasteiger partial charge is 0.337 e. The van der Waals surface area contributed by atoms with E-state index in [0.717, 1.165) is 18.8 Å². The van der Waals surface area contributed by atoms with Crippen LogP contribution >= 0.6 is 0 Å². The van der Waals surface area contributed by atoms with Crippen LogP contribution in [0.25, 0.3) is 0 Å². The van der Waals surface area contributed by atoms with Crippen LogP contribution in [0.4, 0.5) is 0 Å². The Balaban J connectivity index is 1.89. The molecule has 0 radical (unpaired) electrons. The molecule has 0 saturated heterocycles. The van der Waals surface area contributed by atoms with Crippen LogP contribution in [0.2, 0.25) is 0 Å². The molecule has 0 spiro atoms. The molecule has 102 valence electrons. The Labute approximate surface area is 111 Å². The lowest BCUT2D eigenvalue weighted by molar-refractivity contribution is 0.183. The molecule has 1 aromatic rings. The molecule has 3 heteroatoms. The fourth-order valence-corrected chi connectivity index (χ4v) is 2.90. The predicted molar refractivity (Wildman–Crippen MR) is 75.4 cm³/mol. The molecule has 0 unspecified atom stereocenters. The summed E-state index contributed by atoms with van der Waals surface area (Å²) in [4.78, 5) is 4.49. The van der Waals surface area contributed by atoms with Crippen molar-refractivity contribution in [1.29, 1.82) is 0 Å². The second-order valence-corrected chi connectivity index (χ2v) is 6.44. The van der Waals surface area contributed by atoms with Crippen LogP contribution in [-0.4, -0.2) is 15.6 Å². The van der Waals surface area contributed by atoms with Gasteiger partial charge in [-0.25, -0.2) is 4.98 Å². The molecule has 1 aliphatic carbocycles. The van der Waals surface area contributed by atoms with E-state index in [2.05, 4.69) is 41.8 Å². The Morgan fingerprint density at radius 3 is 2.72 bits per heavy atom. The van der Waals surface area contributed by atoms with Crippen molar-refractivity contribution in [2.45, 2.75) is 72.0 Å². The first-order chi connectivity index (χ1) is 8.57. The minimum absolute atomic E-state index is 0.488. The number of hydrogen-bond donors (Lipinski definition) is 1. The first-order valence-corrected chi connectivity index (χ1v) is 7.31. The van der Waals surface area contributed by atoms with Gasteiger partial charge >= 0.3 is 0 Å². The molecule has 1 heterocycles. The molecule has 0 aliphatic heterocycles. The number of rotatable bonds is 5. The van der Waals surface area contributed by atoms with E-state index in [-0.39, 0.29) is 0 Å². The highest BCUT2D eigenvalue weighted by molar-refractivity contribution is 4.97. The highest BCUT2D eigenvalue weighted by Gasteiger charge is 2.27. The van der Waals surface area contributed by atoms with Crippen molar-refractivity contribution in [2.24, 2.45) is 5.41 Å². The van der Waals surface area contributed by atoms with Crippen molar-refractivity contribution in [3.63, 3.8) is 0 Å². The van der Waals surface area contributed by atoms with Gasteiger partial charge in [0.15, 0.2) is 0 Å². The molecule has 1 aromatic heterocycles. The zero-order chi connectivity index (χ0) is 13.0. The molecule has 18 heavy (non-hydrogen) atoms. The lowest BCUT2D eigenvalue weighted by Gasteiger charge is -2.33. The number of nitrogens with one attached hydrogen (secondary N) is 1. The van der Waals surface area contributed by atoms with Crippen LogP contribution in [0.5, 0.6) is 0 Å². The summed E-state index contributed by atoms with van der Waals surface area (Å²) in [5.74, 6) is 0. The highest BCUT2D eigenvalue weighted by Crippen LogP contribution is 2.37. The summed E-state index contributed by atoms with van der Waals surface area (Å²) in [6, 6.07) is 0.519. The second kappa shape index (κ2) is 5.87. The van der Waals surface area contributed by atoms with Crippen LogP contribution in [0.3, 0.4) is 0 Å². The molecule has 0 amide bonds. The fourth-order valence-electron chi connectivity index (χ4n) is 2.90. The zero-order valence-corrected chi connectivity index (χ0v) is 12.1. The highest BCUT2D eigenvalue weighted by atomic mass is 15.1. The lowest BCUT2D eigenvalue weighted by Crippen LogP contribution is -2.25. The summed E-state index contributed by atoms with van der Waals surface area (Å²) in [5.41, 5.74) is 1.64. The van der Waals surface area contributed by atoms with E-state index in [1.54, 1.807) is 0 Å². The first-order valence-electron chi connectivity index (χ1n) is 7.31. The van der Waals surface area contributed by atoms with E-state index in [1.165, 1.54) is 32.1 Å². The van der Waals surface area contributed by atoms with Gasteiger partial charge in [0.1, 0.15) is 0 Å². The van der Waals surface area contributed by atoms with Gasteiger partial charge in [-0.2, -0.15) is 0 Å². The third-order valence-electron chi connectivity index (χ3n) is 4.00. The third-order valence-corrected chi connectivity index (χ3v) is 4.00. The van der Waals surface area contributed by atoms with Crippen molar-refractivity contribution in [3.8, 4) is 0 Å². The summed E-state index contributed by atoms with van der Waals surface area (Å²) in [5, 5.41) is 3.41. The van der Waals surface area contributed by atoms with Crippen LogP contribution in [0.1, 0.15) is 58.6 Å². The van der Waals surface area contributed by atoms with Crippen LogP contribution < -0.4 is 5.32 Å². The summed E-state index contributed by atoms with van der Waals surface area (Å²) < 4.78 is 2.28. The van der Waals surface area contributed by atoms with Gasteiger partial charge in [0, 0.05) is 25.3 Å². The molecule has 1 fully saturated rings. The Morgan fingerprint density at radius 2 is 2.06 bits per heavy atom. The summed E-state index contributed by atoms with van der Waals surface area (Å²) in [6.07, 6.45) is 11.1. The minimum Gasteiger partial charge on any atom is -0.337 e. The molecule has 2 rings (SSSR count). The molecular weight excluding hydrogens is 222 g/mol.